The molecule has 3 aromatic rings. The molecule has 0 amide bonds. The number of aromatic nitrogens is 2. The van der Waals surface area contributed by atoms with Gasteiger partial charge in [-0.2, -0.15) is 5.26 Å². The number of anilines is 1. The van der Waals surface area contributed by atoms with Gasteiger partial charge in [0.1, 0.15) is 28.5 Å². The minimum Gasteiger partial charge on any atom is -0.368 e. The third-order valence-corrected chi connectivity index (χ3v) is 4.58. The Morgan fingerprint density at radius 2 is 1.88 bits per heavy atom. The molecule has 1 aliphatic heterocycles. The van der Waals surface area contributed by atoms with Crippen molar-refractivity contribution in [2.45, 2.75) is 6.54 Å². The lowest BCUT2D eigenvalue weighted by molar-refractivity contribution is 0.250. The second kappa shape index (κ2) is 6.49. The Labute approximate surface area is 144 Å². The molecular weight excluding hydrogens is 321 g/mol. The van der Waals surface area contributed by atoms with Crippen molar-refractivity contribution in [2.75, 3.05) is 31.1 Å². The second-order valence-corrected chi connectivity index (χ2v) is 6.06. The molecular formula is C18H16FN5O. The van der Waals surface area contributed by atoms with Crippen LogP contribution in [0.1, 0.15) is 11.1 Å². The molecule has 0 atom stereocenters. The van der Waals surface area contributed by atoms with E-state index < -0.39 is 5.82 Å². The van der Waals surface area contributed by atoms with Gasteiger partial charge in [0, 0.05) is 32.7 Å². The van der Waals surface area contributed by atoms with Crippen LogP contribution in [0.5, 0.6) is 0 Å². The van der Waals surface area contributed by atoms with E-state index in [0.29, 0.717) is 5.69 Å². The number of hydrogen-bond acceptors (Lipinski definition) is 6. The van der Waals surface area contributed by atoms with Crippen molar-refractivity contribution in [1.29, 1.82) is 5.26 Å². The van der Waals surface area contributed by atoms with E-state index in [2.05, 4.69) is 20.1 Å². The van der Waals surface area contributed by atoms with Gasteiger partial charge in [-0.05, 0) is 34.1 Å². The fraction of sp³-hybridized carbons (Fsp3) is 0.278. The van der Waals surface area contributed by atoms with Crippen molar-refractivity contribution in [3.63, 3.8) is 0 Å². The lowest BCUT2D eigenvalue weighted by Gasteiger charge is -2.36. The van der Waals surface area contributed by atoms with Crippen LogP contribution in [-0.4, -0.2) is 41.4 Å². The monoisotopic (exact) mass is 337 g/mol. The maximum absolute atomic E-state index is 13.8. The largest absolute Gasteiger partial charge is 0.368 e. The van der Waals surface area contributed by atoms with E-state index in [1.165, 1.54) is 6.07 Å². The number of nitrogens with zero attached hydrogens (tertiary/aromatic N) is 5. The fourth-order valence-electron chi connectivity index (χ4n) is 3.26. The molecule has 0 saturated carbocycles. The van der Waals surface area contributed by atoms with Crippen molar-refractivity contribution >= 4 is 16.7 Å². The fourth-order valence-corrected chi connectivity index (χ4v) is 3.26. The van der Waals surface area contributed by atoms with E-state index in [4.69, 9.17) is 4.63 Å². The van der Waals surface area contributed by atoms with E-state index in [1.807, 2.05) is 24.3 Å². The summed E-state index contributed by atoms with van der Waals surface area (Å²) in [6, 6.07) is 12.6. The molecule has 126 valence electrons. The first kappa shape index (κ1) is 15.5. The molecule has 25 heavy (non-hydrogen) atoms. The predicted octanol–water partition coefficient (Wildman–Crippen LogP) is 2.56. The van der Waals surface area contributed by atoms with Gasteiger partial charge < -0.3 is 4.90 Å². The van der Waals surface area contributed by atoms with Crippen LogP contribution in [0.3, 0.4) is 0 Å². The van der Waals surface area contributed by atoms with Gasteiger partial charge in [0.15, 0.2) is 0 Å². The highest BCUT2D eigenvalue weighted by molar-refractivity contribution is 5.76. The Balaban J connectivity index is 1.46. The first-order valence-electron chi connectivity index (χ1n) is 8.12. The van der Waals surface area contributed by atoms with Crippen LogP contribution in [0.25, 0.3) is 11.0 Å². The molecule has 0 aliphatic carbocycles. The van der Waals surface area contributed by atoms with Gasteiger partial charge in [0.2, 0.25) is 0 Å². The summed E-state index contributed by atoms with van der Waals surface area (Å²) in [5, 5.41) is 17.1. The average molecular weight is 337 g/mol. The Kier molecular flexibility index (Phi) is 4.04. The van der Waals surface area contributed by atoms with Gasteiger partial charge >= 0.3 is 0 Å². The molecule has 0 spiro atoms. The molecule has 1 saturated heterocycles. The summed E-state index contributed by atoms with van der Waals surface area (Å²) in [5.74, 6) is -0.465. The van der Waals surface area contributed by atoms with E-state index >= 15 is 0 Å². The van der Waals surface area contributed by atoms with Crippen LogP contribution in [0.15, 0.2) is 41.0 Å². The second-order valence-electron chi connectivity index (χ2n) is 6.06. The van der Waals surface area contributed by atoms with E-state index in [0.717, 1.165) is 49.3 Å². The van der Waals surface area contributed by atoms with Crippen molar-refractivity contribution in [3.05, 3.63) is 53.3 Å². The Hall–Kier alpha value is -2.98. The average Bonchev–Trinajstić information content (AvgIpc) is 3.12. The van der Waals surface area contributed by atoms with Crippen LogP contribution < -0.4 is 4.90 Å². The molecule has 7 heteroatoms. The van der Waals surface area contributed by atoms with Gasteiger partial charge in [-0.15, -0.1) is 0 Å². The Morgan fingerprint density at radius 1 is 1.08 bits per heavy atom. The molecule has 2 aromatic carbocycles. The number of rotatable bonds is 3. The van der Waals surface area contributed by atoms with Crippen molar-refractivity contribution in [1.82, 2.24) is 15.2 Å². The maximum Gasteiger partial charge on any atom is 0.143 e. The highest BCUT2D eigenvalue weighted by atomic mass is 19.1. The molecule has 6 nitrogen and oxygen atoms in total. The minimum absolute atomic E-state index is 0.120. The van der Waals surface area contributed by atoms with E-state index in [1.54, 1.807) is 12.1 Å². The highest BCUT2D eigenvalue weighted by Gasteiger charge is 2.21. The molecule has 1 fully saturated rings. The van der Waals surface area contributed by atoms with E-state index in [-0.39, 0.29) is 5.56 Å². The minimum atomic E-state index is -0.465. The summed E-state index contributed by atoms with van der Waals surface area (Å²) in [6.45, 7) is 3.89. The first-order chi connectivity index (χ1) is 12.3. The molecule has 2 heterocycles. The molecule has 0 radical (unpaired) electrons. The van der Waals surface area contributed by atoms with Crippen LogP contribution in [-0.2, 0) is 6.54 Å². The predicted molar refractivity (Wildman–Crippen MR) is 90.4 cm³/mol. The summed E-state index contributed by atoms with van der Waals surface area (Å²) >= 11 is 0. The Bertz CT molecular complexity index is 940. The highest BCUT2D eigenvalue weighted by Crippen LogP contribution is 2.24. The van der Waals surface area contributed by atoms with Crippen molar-refractivity contribution < 1.29 is 9.02 Å². The van der Waals surface area contributed by atoms with Crippen LogP contribution >= 0.6 is 0 Å². The molecule has 4 rings (SSSR count). The molecule has 0 N–H and O–H groups in total. The van der Waals surface area contributed by atoms with Crippen LogP contribution in [0, 0.1) is 17.1 Å². The zero-order valence-electron chi connectivity index (χ0n) is 13.5. The third-order valence-electron chi connectivity index (χ3n) is 4.58. The van der Waals surface area contributed by atoms with Crippen LogP contribution in [0.4, 0.5) is 10.1 Å². The summed E-state index contributed by atoms with van der Waals surface area (Å²) in [7, 11) is 0. The topological polar surface area (TPSA) is 69.2 Å². The standard InChI is InChI=1S/C18H16FN5O/c19-15-4-2-6-17(14(15)11-20)24-9-7-23(8-10-24)12-13-3-1-5-16-18(13)22-25-21-16/h1-6H,7-10,12H2. The number of nitriles is 1. The summed E-state index contributed by atoms with van der Waals surface area (Å²) in [5.41, 5.74) is 3.42. The molecule has 1 aliphatic rings. The van der Waals surface area contributed by atoms with Crippen molar-refractivity contribution in [3.8, 4) is 6.07 Å². The quantitative estimate of drug-likeness (QED) is 0.732. The smallest absolute Gasteiger partial charge is 0.143 e. The lowest BCUT2D eigenvalue weighted by Crippen LogP contribution is -2.46. The lowest BCUT2D eigenvalue weighted by atomic mass is 10.1. The van der Waals surface area contributed by atoms with Gasteiger partial charge in [-0.25, -0.2) is 9.02 Å². The number of benzene rings is 2. The number of hydrogen-bond donors (Lipinski definition) is 0. The van der Waals surface area contributed by atoms with Gasteiger partial charge in [-0.1, -0.05) is 18.2 Å². The number of piperazine rings is 1. The molecule has 0 bridgehead atoms. The Morgan fingerprint density at radius 3 is 2.68 bits per heavy atom. The zero-order chi connectivity index (χ0) is 17.2. The van der Waals surface area contributed by atoms with Crippen LogP contribution in [0.2, 0.25) is 0 Å². The third kappa shape index (κ3) is 2.92. The molecule has 1 aromatic heterocycles. The SMILES string of the molecule is N#Cc1c(F)cccc1N1CCN(Cc2cccc3nonc23)CC1. The van der Waals surface area contributed by atoms with Crippen molar-refractivity contribution in [2.24, 2.45) is 0 Å². The molecule has 0 unspecified atom stereocenters. The summed E-state index contributed by atoms with van der Waals surface area (Å²) in [6.07, 6.45) is 0. The van der Waals surface area contributed by atoms with Gasteiger partial charge in [0.25, 0.3) is 0 Å². The first-order valence-corrected chi connectivity index (χ1v) is 8.12. The number of fused-ring (bicyclic) bond motifs is 1. The van der Waals surface area contributed by atoms with Gasteiger partial charge in [-0.3, -0.25) is 4.90 Å². The summed E-state index contributed by atoms with van der Waals surface area (Å²) < 4.78 is 18.6. The number of halogens is 1. The zero-order valence-corrected chi connectivity index (χ0v) is 13.5. The van der Waals surface area contributed by atoms with E-state index in [9.17, 15) is 9.65 Å². The summed E-state index contributed by atoms with van der Waals surface area (Å²) in [4.78, 5) is 4.38. The van der Waals surface area contributed by atoms with Gasteiger partial charge in [0.05, 0.1) is 5.69 Å². The normalized spacial score (nSPS) is 15.4. The maximum atomic E-state index is 13.8.